The molecule has 0 aliphatic carbocycles. The molecule has 0 unspecified atom stereocenters. The van der Waals surface area contributed by atoms with Crippen molar-refractivity contribution in [2.45, 2.75) is 5.33 Å². The number of nitro groups is 1. The number of halogens is 2. The first-order valence-corrected chi connectivity index (χ1v) is 7.04. The summed E-state index contributed by atoms with van der Waals surface area (Å²) in [5.41, 5.74) is 0.614. The van der Waals surface area contributed by atoms with Crippen molar-refractivity contribution in [3.8, 4) is 0 Å². The second kappa shape index (κ2) is 6.45. The van der Waals surface area contributed by atoms with Crippen LogP contribution < -0.4 is 5.32 Å². The quantitative estimate of drug-likeness (QED) is 0.515. The zero-order chi connectivity index (χ0) is 15.4. The molecule has 0 saturated heterocycles. The van der Waals surface area contributed by atoms with Crippen LogP contribution in [0.1, 0.15) is 15.9 Å². The number of carbonyl (C=O) groups is 1. The first-order chi connectivity index (χ1) is 10.0. The number of alkyl halides is 1. The van der Waals surface area contributed by atoms with Gasteiger partial charge in [0.1, 0.15) is 11.4 Å². The Balaban J connectivity index is 2.35. The lowest BCUT2D eigenvalue weighted by Gasteiger charge is -2.09. The van der Waals surface area contributed by atoms with Gasteiger partial charge in [0.25, 0.3) is 11.6 Å². The summed E-state index contributed by atoms with van der Waals surface area (Å²) >= 11 is 3.29. The predicted molar refractivity (Wildman–Crippen MR) is 80.1 cm³/mol. The number of hydrogen-bond donors (Lipinski definition) is 1. The third-order valence-corrected chi connectivity index (χ3v) is 3.41. The van der Waals surface area contributed by atoms with Gasteiger partial charge in [-0.1, -0.05) is 34.1 Å². The molecule has 108 valence electrons. The van der Waals surface area contributed by atoms with Crippen molar-refractivity contribution in [1.82, 2.24) is 0 Å². The van der Waals surface area contributed by atoms with Gasteiger partial charge in [-0.25, -0.2) is 4.39 Å². The number of hydrogen-bond acceptors (Lipinski definition) is 3. The molecule has 2 aromatic carbocycles. The third kappa shape index (κ3) is 3.43. The number of rotatable bonds is 4. The average Bonchev–Trinajstić information content (AvgIpc) is 2.47. The fourth-order valence-corrected chi connectivity index (χ4v) is 2.29. The number of carbonyl (C=O) groups excluding carboxylic acids is 1. The van der Waals surface area contributed by atoms with E-state index in [1.54, 1.807) is 12.1 Å². The molecule has 0 saturated carbocycles. The standard InChI is InChI=1S/C14H10BrFN2O3/c15-8-9-3-1-2-4-12(9)17-14(19)11-6-5-10(16)7-13(11)18(20)21/h1-7H,8H2,(H,17,19). The topological polar surface area (TPSA) is 72.2 Å². The minimum atomic E-state index is -0.783. The van der Waals surface area contributed by atoms with Gasteiger partial charge in [0, 0.05) is 11.0 Å². The van der Waals surface area contributed by atoms with Crippen LogP contribution in [0, 0.1) is 15.9 Å². The summed E-state index contributed by atoms with van der Waals surface area (Å²) < 4.78 is 13.1. The van der Waals surface area contributed by atoms with Crippen molar-refractivity contribution in [3.05, 3.63) is 69.5 Å². The number of nitro benzene ring substituents is 1. The summed E-state index contributed by atoms with van der Waals surface area (Å²) in [6.45, 7) is 0. The highest BCUT2D eigenvalue weighted by Crippen LogP contribution is 2.23. The fourth-order valence-electron chi connectivity index (χ4n) is 1.80. The normalized spacial score (nSPS) is 10.2. The van der Waals surface area contributed by atoms with Crippen LogP contribution in [-0.2, 0) is 5.33 Å². The highest BCUT2D eigenvalue weighted by atomic mass is 79.9. The first-order valence-electron chi connectivity index (χ1n) is 5.92. The minimum Gasteiger partial charge on any atom is -0.321 e. The van der Waals surface area contributed by atoms with E-state index in [2.05, 4.69) is 21.2 Å². The van der Waals surface area contributed by atoms with E-state index in [0.717, 1.165) is 23.8 Å². The highest BCUT2D eigenvalue weighted by Gasteiger charge is 2.21. The molecule has 1 N–H and O–H groups in total. The zero-order valence-corrected chi connectivity index (χ0v) is 12.3. The molecule has 2 rings (SSSR count). The second-order valence-corrected chi connectivity index (χ2v) is 4.72. The molecule has 0 bridgehead atoms. The molecule has 1 amide bonds. The van der Waals surface area contributed by atoms with E-state index in [1.807, 2.05) is 12.1 Å². The SMILES string of the molecule is O=C(Nc1ccccc1CBr)c1ccc(F)cc1[N+](=O)[O-]. The molecule has 0 radical (unpaired) electrons. The van der Waals surface area contributed by atoms with Crippen molar-refractivity contribution >= 4 is 33.2 Å². The molecule has 0 aromatic heterocycles. The zero-order valence-electron chi connectivity index (χ0n) is 10.7. The lowest BCUT2D eigenvalue weighted by Crippen LogP contribution is -2.15. The van der Waals surface area contributed by atoms with Crippen LogP contribution in [0.15, 0.2) is 42.5 Å². The largest absolute Gasteiger partial charge is 0.321 e. The summed E-state index contributed by atoms with van der Waals surface area (Å²) in [5.74, 6) is -1.42. The van der Waals surface area contributed by atoms with Crippen LogP contribution in [0.4, 0.5) is 15.8 Å². The molecule has 21 heavy (non-hydrogen) atoms. The van der Waals surface area contributed by atoms with E-state index in [0.29, 0.717) is 11.0 Å². The van der Waals surface area contributed by atoms with Gasteiger partial charge < -0.3 is 5.32 Å². The van der Waals surface area contributed by atoms with Gasteiger partial charge in [0.05, 0.1) is 11.0 Å². The molecule has 0 fully saturated rings. The van der Waals surface area contributed by atoms with Gasteiger partial charge >= 0.3 is 0 Å². The Morgan fingerprint density at radius 3 is 2.67 bits per heavy atom. The van der Waals surface area contributed by atoms with Gasteiger partial charge in [0.15, 0.2) is 0 Å². The Labute approximate surface area is 128 Å². The number of nitrogens with zero attached hydrogens (tertiary/aromatic N) is 1. The maximum absolute atomic E-state index is 13.1. The Bertz CT molecular complexity index is 706. The Morgan fingerprint density at radius 2 is 2.00 bits per heavy atom. The maximum Gasteiger partial charge on any atom is 0.285 e. The van der Waals surface area contributed by atoms with Crippen LogP contribution in [0.5, 0.6) is 0 Å². The Hall–Kier alpha value is -2.28. The van der Waals surface area contributed by atoms with E-state index in [9.17, 15) is 19.3 Å². The van der Waals surface area contributed by atoms with E-state index in [1.165, 1.54) is 0 Å². The van der Waals surface area contributed by atoms with E-state index < -0.39 is 22.3 Å². The number of para-hydroxylation sites is 1. The van der Waals surface area contributed by atoms with Crippen molar-refractivity contribution < 1.29 is 14.1 Å². The minimum absolute atomic E-state index is 0.189. The van der Waals surface area contributed by atoms with E-state index in [4.69, 9.17) is 0 Å². The summed E-state index contributed by atoms with van der Waals surface area (Å²) in [7, 11) is 0. The van der Waals surface area contributed by atoms with E-state index in [-0.39, 0.29) is 5.56 Å². The number of nitrogens with one attached hydrogen (secondary N) is 1. The molecule has 2 aromatic rings. The van der Waals surface area contributed by atoms with Gasteiger partial charge in [-0.15, -0.1) is 0 Å². The molecular formula is C14H10BrFN2O3. The fraction of sp³-hybridized carbons (Fsp3) is 0.0714. The molecule has 5 nitrogen and oxygen atoms in total. The molecule has 0 atom stereocenters. The van der Waals surface area contributed by atoms with Gasteiger partial charge in [-0.05, 0) is 23.8 Å². The van der Waals surface area contributed by atoms with Gasteiger partial charge in [0.2, 0.25) is 0 Å². The van der Waals surface area contributed by atoms with E-state index >= 15 is 0 Å². The second-order valence-electron chi connectivity index (χ2n) is 4.16. The monoisotopic (exact) mass is 352 g/mol. The summed E-state index contributed by atoms with van der Waals surface area (Å²) in [6, 6.07) is 9.88. The number of amides is 1. The molecule has 7 heteroatoms. The van der Waals surface area contributed by atoms with Crippen LogP contribution in [-0.4, -0.2) is 10.8 Å². The molecule has 0 spiro atoms. The predicted octanol–water partition coefficient (Wildman–Crippen LogP) is 3.88. The van der Waals surface area contributed by atoms with Crippen LogP contribution in [0.2, 0.25) is 0 Å². The van der Waals surface area contributed by atoms with Crippen molar-refractivity contribution in [1.29, 1.82) is 0 Å². The number of anilines is 1. The van der Waals surface area contributed by atoms with Crippen LogP contribution >= 0.6 is 15.9 Å². The van der Waals surface area contributed by atoms with Gasteiger partial charge in [-0.2, -0.15) is 0 Å². The lowest BCUT2D eigenvalue weighted by molar-refractivity contribution is -0.385. The van der Waals surface area contributed by atoms with Crippen LogP contribution in [0.3, 0.4) is 0 Å². The molecule has 0 heterocycles. The molecule has 0 aliphatic rings. The molecular weight excluding hydrogens is 343 g/mol. The number of benzene rings is 2. The van der Waals surface area contributed by atoms with Crippen molar-refractivity contribution in [2.75, 3.05) is 5.32 Å². The summed E-state index contributed by atoms with van der Waals surface area (Å²) in [4.78, 5) is 22.3. The summed E-state index contributed by atoms with van der Waals surface area (Å²) in [6.07, 6.45) is 0. The van der Waals surface area contributed by atoms with Gasteiger partial charge in [-0.3, -0.25) is 14.9 Å². The maximum atomic E-state index is 13.1. The Kier molecular flexibility index (Phi) is 4.64. The first kappa shape index (κ1) is 15.1. The third-order valence-electron chi connectivity index (χ3n) is 2.81. The van der Waals surface area contributed by atoms with Crippen molar-refractivity contribution in [2.24, 2.45) is 0 Å². The molecule has 0 aliphatic heterocycles. The smallest absolute Gasteiger partial charge is 0.285 e. The van der Waals surface area contributed by atoms with Crippen molar-refractivity contribution in [3.63, 3.8) is 0 Å². The van der Waals surface area contributed by atoms with Crippen LogP contribution in [0.25, 0.3) is 0 Å². The summed E-state index contributed by atoms with van der Waals surface area (Å²) in [5, 5.41) is 14.0. The average molecular weight is 353 g/mol. The highest BCUT2D eigenvalue weighted by molar-refractivity contribution is 9.08. The lowest BCUT2D eigenvalue weighted by atomic mass is 10.1. The Morgan fingerprint density at radius 1 is 1.29 bits per heavy atom.